The Kier molecular flexibility index (Phi) is 6.56. The highest BCUT2D eigenvalue weighted by molar-refractivity contribution is 5.80. The topological polar surface area (TPSA) is 46.1 Å². The summed E-state index contributed by atoms with van der Waals surface area (Å²) < 4.78 is 11.0. The quantitative estimate of drug-likeness (QED) is 0.669. The Bertz CT molecular complexity index is 531. The third-order valence-electron chi connectivity index (χ3n) is 4.15. The third-order valence-corrected chi connectivity index (χ3v) is 4.15. The molecule has 0 spiro atoms. The molecular weight excluding hydrogens is 290 g/mol. The molecule has 1 saturated heterocycles. The fraction of sp³-hybridized carbons (Fsp3) is 0.611. The van der Waals surface area contributed by atoms with Crippen molar-refractivity contribution < 1.29 is 9.47 Å². The fourth-order valence-electron chi connectivity index (χ4n) is 2.99. The Hall–Kier alpha value is -1.91. The summed E-state index contributed by atoms with van der Waals surface area (Å²) in [6.45, 7) is 7.78. The Morgan fingerprint density at radius 1 is 1.39 bits per heavy atom. The molecule has 0 radical (unpaired) electrons. The van der Waals surface area contributed by atoms with E-state index in [4.69, 9.17) is 9.47 Å². The first kappa shape index (κ1) is 17.4. The van der Waals surface area contributed by atoms with Gasteiger partial charge >= 0.3 is 0 Å². The van der Waals surface area contributed by atoms with Crippen molar-refractivity contribution in [1.29, 1.82) is 0 Å². The molecule has 1 aliphatic heterocycles. The summed E-state index contributed by atoms with van der Waals surface area (Å²) in [4.78, 5) is 6.78. The van der Waals surface area contributed by atoms with Gasteiger partial charge in [-0.05, 0) is 43.4 Å². The monoisotopic (exact) mass is 319 g/mol. The maximum Gasteiger partial charge on any atom is 0.193 e. The number of nitrogens with zero attached hydrogens (tertiary/aromatic N) is 2. The van der Waals surface area contributed by atoms with E-state index in [9.17, 15) is 0 Å². The van der Waals surface area contributed by atoms with Gasteiger partial charge in [-0.2, -0.15) is 0 Å². The van der Waals surface area contributed by atoms with Crippen molar-refractivity contribution in [2.45, 2.75) is 33.2 Å². The molecule has 5 heteroatoms. The average Bonchev–Trinajstić information content (AvgIpc) is 2.56. The van der Waals surface area contributed by atoms with Gasteiger partial charge in [-0.1, -0.05) is 13.0 Å². The average molecular weight is 319 g/mol. The first-order valence-corrected chi connectivity index (χ1v) is 8.43. The highest BCUT2D eigenvalue weighted by atomic mass is 16.5. The molecule has 128 valence electrons. The molecule has 1 aliphatic rings. The van der Waals surface area contributed by atoms with Crippen LogP contribution < -0.4 is 14.8 Å². The number of hydrogen-bond donors (Lipinski definition) is 1. The number of piperidine rings is 1. The number of guanidine groups is 1. The van der Waals surface area contributed by atoms with Gasteiger partial charge in [-0.3, -0.25) is 4.99 Å². The lowest BCUT2D eigenvalue weighted by atomic mass is 10.0. The van der Waals surface area contributed by atoms with Gasteiger partial charge in [-0.15, -0.1) is 0 Å². The van der Waals surface area contributed by atoms with Crippen molar-refractivity contribution in [2.24, 2.45) is 10.9 Å². The largest absolute Gasteiger partial charge is 0.493 e. The van der Waals surface area contributed by atoms with E-state index >= 15 is 0 Å². The summed E-state index contributed by atoms with van der Waals surface area (Å²) in [7, 11) is 3.51. The summed E-state index contributed by atoms with van der Waals surface area (Å²) in [6, 6.07) is 6.04. The number of likely N-dealkylation sites (tertiary alicyclic amines) is 1. The van der Waals surface area contributed by atoms with Gasteiger partial charge in [-0.25, -0.2) is 0 Å². The highest BCUT2D eigenvalue weighted by Gasteiger charge is 2.19. The number of rotatable bonds is 5. The Balaban J connectivity index is 1.99. The molecule has 23 heavy (non-hydrogen) atoms. The smallest absolute Gasteiger partial charge is 0.193 e. The van der Waals surface area contributed by atoms with E-state index in [1.54, 1.807) is 7.11 Å². The lowest BCUT2D eigenvalue weighted by Gasteiger charge is -2.33. The van der Waals surface area contributed by atoms with E-state index in [1.165, 1.54) is 12.8 Å². The van der Waals surface area contributed by atoms with Crippen LogP contribution in [0.2, 0.25) is 0 Å². The molecule has 1 fully saturated rings. The summed E-state index contributed by atoms with van der Waals surface area (Å²) in [6.07, 6.45) is 2.54. The summed E-state index contributed by atoms with van der Waals surface area (Å²) >= 11 is 0. The lowest BCUT2D eigenvalue weighted by molar-refractivity contribution is 0.266. The predicted octanol–water partition coefficient (Wildman–Crippen LogP) is 2.90. The molecular formula is C18H29N3O2. The fourth-order valence-corrected chi connectivity index (χ4v) is 2.99. The zero-order chi connectivity index (χ0) is 16.7. The molecule has 1 unspecified atom stereocenters. The van der Waals surface area contributed by atoms with E-state index in [1.807, 2.05) is 26.1 Å². The summed E-state index contributed by atoms with van der Waals surface area (Å²) in [5.74, 6) is 3.26. The number of benzene rings is 1. The van der Waals surface area contributed by atoms with Gasteiger partial charge in [0.1, 0.15) is 0 Å². The molecule has 0 bridgehead atoms. The van der Waals surface area contributed by atoms with Gasteiger partial charge in [0.15, 0.2) is 17.5 Å². The number of hydrogen-bond acceptors (Lipinski definition) is 3. The molecule has 5 nitrogen and oxygen atoms in total. The van der Waals surface area contributed by atoms with Crippen LogP contribution in [0.4, 0.5) is 0 Å². The molecule has 1 N–H and O–H groups in total. The van der Waals surface area contributed by atoms with Gasteiger partial charge < -0.3 is 19.7 Å². The SMILES string of the molecule is CCOc1cc(CNC(=NC)N2CCCC(C)C2)ccc1OC. The molecule has 0 aliphatic carbocycles. The minimum absolute atomic E-state index is 0.626. The van der Waals surface area contributed by atoms with Crippen LogP contribution in [0.3, 0.4) is 0 Å². The van der Waals surface area contributed by atoms with E-state index in [2.05, 4.69) is 28.2 Å². The Morgan fingerprint density at radius 2 is 2.22 bits per heavy atom. The Labute approximate surface area is 139 Å². The molecule has 1 atom stereocenters. The molecule has 1 aromatic rings. The van der Waals surface area contributed by atoms with Gasteiger partial charge in [0, 0.05) is 26.7 Å². The standard InChI is InChI=1S/C18H29N3O2/c1-5-23-17-11-15(8-9-16(17)22-4)12-20-18(19-3)21-10-6-7-14(2)13-21/h8-9,11,14H,5-7,10,12-13H2,1-4H3,(H,19,20). The molecule has 0 aromatic heterocycles. The van der Waals surface area contributed by atoms with Crippen LogP contribution in [0.1, 0.15) is 32.3 Å². The number of nitrogens with one attached hydrogen (secondary N) is 1. The van der Waals surface area contributed by atoms with Gasteiger partial charge in [0.05, 0.1) is 13.7 Å². The minimum Gasteiger partial charge on any atom is -0.493 e. The normalized spacial score (nSPS) is 18.7. The summed E-state index contributed by atoms with van der Waals surface area (Å²) in [5.41, 5.74) is 1.15. The van der Waals surface area contributed by atoms with E-state index in [-0.39, 0.29) is 0 Å². The third kappa shape index (κ3) is 4.78. The molecule has 0 saturated carbocycles. The highest BCUT2D eigenvalue weighted by Crippen LogP contribution is 2.28. The van der Waals surface area contributed by atoms with Crippen LogP contribution in [-0.2, 0) is 6.54 Å². The van der Waals surface area contributed by atoms with E-state index in [0.717, 1.165) is 48.6 Å². The second-order valence-electron chi connectivity index (χ2n) is 6.01. The van der Waals surface area contributed by atoms with E-state index < -0.39 is 0 Å². The van der Waals surface area contributed by atoms with Crippen LogP contribution in [0.15, 0.2) is 23.2 Å². The van der Waals surface area contributed by atoms with Gasteiger partial charge in [0.2, 0.25) is 0 Å². The van der Waals surface area contributed by atoms with Crippen molar-refractivity contribution in [1.82, 2.24) is 10.2 Å². The maximum atomic E-state index is 5.64. The molecule has 2 rings (SSSR count). The first-order valence-electron chi connectivity index (χ1n) is 8.43. The minimum atomic E-state index is 0.626. The van der Waals surface area contributed by atoms with Crippen molar-refractivity contribution in [3.8, 4) is 11.5 Å². The van der Waals surface area contributed by atoms with Crippen molar-refractivity contribution in [3.63, 3.8) is 0 Å². The zero-order valence-corrected chi connectivity index (χ0v) is 14.8. The number of ether oxygens (including phenoxy) is 2. The second-order valence-corrected chi connectivity index (χ2v) is 6.01. The first-order chi connectivity index (χ1) is 11.2. The lowest BCUT2D eigenvalue weighted by Crippen LogP contribution is -2.45. The van der Waals surface area contributed by atoms with Crippen molar-refractivity contribution in [3.05, 3.63) is 23.8 Å². The van der Waals surface area contributed by atoms with Crippen LogP contribution in [0.5, 0.6) is 11.5 Å². The Morgan fingerprint density at radius 3 is 2.87 bits per heavy atom. The number of aliphatic imine (C=N–C) groups is 1. The number of methoxy groups -OCH3 is 1. The van der Waals surface area contributed by atoms with Gasteiger partial charge in [0.25, 0.3) is 0 Å². The second kappa shape index (κ2) is 8.65. The molecule has 1 heterocycles. The van der Waals surface area contributed by atoms with Crippen LogP contribution in [-0.4, -0.2) is 44.7 Å². The van der Waals surface area contributed by atoms with Crippen molar-refractivity contribution >= 4 is 5.96 Å². The van der Waals surface area contributed by atoms with Crippen molar-refractivity contribution in [2.75, 3.05) is 33.9 Å². The van der Waals surface area contributed by atoms with Crippen LogP contribution >= 0.6 is 0 Å². The van der Waals surface area contributed by atoms with Crippen LogP contribution in [0, 0.1) is 5.92 Å². The maximum absolute atomic E-state index is 5.64. The molecule has 0 amide bonds. The van der Waals surface area contributed by atoms with E-state index in [0.29, 0.717) is 6.61 Å². The van der Waals surface area contributed by atoms with Crippen LogP contribution in [0.25, 0.3) is 0 Å². The summed E-state index contributed by atoms with van der Waals surface area (Å²) in [5, 5.41) is 3.46. The predicted molar refractivity (Wildman–Crippen MR) is 94.3 cm³/mol. The molecule has 1 aromatic carbocycles. The zero-order valence-electron chi connectivity index (χ0n) is 14.8.